The fraction of sp³-hybridized carbons (Fsp3) is 0.548. The van der Waals surface area contributed by atoms with Crippen molar-refractivity contribution in [1.29, 1.82) is 0 Å². The topological polar surface area (TPSA) is 49.6 Å². The molecule has 2 aliphatic rings. The van der Waals surface area contributed by atoms with Gasteiger partial charge in [-0.3, -0.25) is 14.1 Å². The average Bonchev–Trinajstić information content (AvgIpc) is 3.62. The molecular formula is C31H42N4O. The Morgan fingerprint density at radius 1 is 1.03 bits per heavy atom. The van der Waals surface area contributed by atoms with Crippen molar-refractivity contribution < 1.29 is 4.79 Å². The average molecular weight is 487 g/mol. The van der Waals surface area contributed by atoms with E-state index in [9.17, 15) is 4.79 Å². The van der Waals surface area contributed by atoms with E-state index in [4.69, 9.17) is 4.98 Å². The summed E-state index contributed by atoms with van der Waals surface area (Å²) in [5.41, 5.74) is 4.12. The molecule has 2 fully saturated rings. The number of benzene rings is 1. The zero-order valence-corrected chi connectivity index (χ0v) is 22.2. The lowest BCUT2D eigenvalue weighted by atomic mass is 9.85. The van der Waals surface area contributed by atoms with Crippen LogP contribution in [0, 0.1) is 11.3 Å². The summed E-state index contributed by atoms with van der Waals surface area (Å²) in [5, 5.41) is 3.28. The first-order valence-electron chi connectivity index (χ1n) is 13.9. The van der Waals surface area contributed by atoms with Gasteiger partial charge in [-0.05, 0) is 54.8 Å². The van der Waals surface area contributed by atoms with Crippen LogP contribution in [0.25, 0.3) is 5.65 Å². The summed E-state index contributed by atoms with van der Waals surface area (Å²) < 4.78 is 1.97. The molecule has 2 aromatic heterocycles. The smallest absolute Gasteiger partial charge is 0.268 e. The lowest BCUT2D eigenvalue weighted by Gasteiger charge is -2.34. The molecule has 1 amide bonds. The predicted molar refractivity (Wildman–Crippen MR) is 146 cm³/mol. The molecule has 1 N–H and O–H groups in total. The van der Waals surface area contributed by atoms with E-state index in [0.717, 1.165) is 36.8 Å². The number of aromatic nitrogens is 2. The van der Waals surface area contributed by atoms with Crippen LogP contribution >= 0.6 is 0 Å². The molecule has 2 unspecified atom stereocenters. The van der Waals surface area contributed by atoms with Crippen LogP contribution in [0.2, 0.25) is 0 Å². The fourth-order valence-corrected chi connectivity index (χ4v) is 6.54. The molecule has 3 aromatic rings. The van der Waals surface area contributed by atoms with Crippen molar-refractivity contribution in [2.24, 2.45) is 11.3 Å². The second-order valence-corrected chi connectivity index (χ2v) is 12.1. The number of likely N-dealkylation sites (tertiary alicyclic amines) is 1. The van der Waals surface area contributed by atoms with Gasteiger partial charge in [0.15, 0.2) is 0 Å². The van der Waals surface area contributed by atoms with Crippen LogP contribution < -0.4 is 5.32 Å². The molecule has 5 heteroatoms. The fourth-order valence-electron chi connectivity index (χ4n) is 6.54. The maximum Gasteiger partial charge on any atom is 0.268 e. The van der Waals surface area contributed by atoms with Gasteiger partial charge in [-0.25, -0.2) is 4.98 Å². The van der Waals surface area contributed by atoms with Crippen LogP contribution in [0.1, 0.15) is 93.4 Å². The molecule has 5 rings (SSSR count). The highest BCUT2D eigenvalue weighted by atomic mass is 16.1. The SMILES string of the molecule is CC(C)(C)C1CCCN1Cc1cn2c(C(=O)NCC(CC3CCCC3)c3ccccc3)cccc2n1. The molecule has 1 saturated heterocycles. The Kier molecular flexibility index (Phi) is 7.47. The summed E-state index contributed by atoms with van der Waals surface area (Å²) in [5.74, 6) is 1.10. The minimum absolute atomic E-state index is 0.0226. The second-order valence-electron chi connectivity index (χ2n) is 12.1. The van der Waals surface area contributed by atoms with Crippen molar-refractivity contribution in [3.05, 3.63) is 71.7 Å². The Morgan fingerprint density at radius 2 is 1.81 bits per heavy atom. The van der Waals surface area contributed by atoms with Crippen molar-refractivity contribution in [3.8, 4) is 0 Å². The van der Waals surface area contributed by atoms with Gasteiger partial charge in [0, 0.05) is 31.2 Å². The molecule has 3 heterocycles. The maximum atomic E-state index is 13.4. The number of hydrogen-bond acceptors (Lipinski definition) is 3. The standard InChI is InChI=1S/C31H42N4O/c1-31(2,3)28-16-10-18-34(28)21-26-22-35-27(15-9-17-29(35)33-26)30(36)32-20-25(19-23-11-7-8-12-23)24-13-5-4-6-14-24/h4-6,9,13-15,17,22-23,25,28H,7-8,10-12,16,18-21H2,1-3H3,(H,32,36). The summed E-state index contributed by atoms with van der Waals surface area (Å²) in [4.78, 5) is 20.9. The highest BCUT2D eigenvalue weighted by Gasteiger charge is 2.34. The first kappa shape index (κ1) is 25.0. The summed E-state index contributed by atoms with van der Waals surface area (Å²) in [6.45, 7) is 9.61. The molecule has 0 spiro atoms. The Hall–Kier alpha value is -2.66. The maximum absolute atomic E-state index is 13.4. The monoisotopic (exact) mass is 486 g/mol. The van der Waals surface area contributed by atoms with Crippen molar-refractivity contribution in [3.63, 3.8) is 0 Å². The van der Waals surface area contributed by atoms with Crippen molar-refractivity contribution in [2.45, 2.75) is 84.2 Å². The van der Waals surface area contributed by atoms with Gasteiger partial charge >= 0.3 is 0 Å². The van der Waals surface area contributed by atoms with Crippen LogP contribution in [-0.4, -0.2) is 39.3 Å². The quantitative estimate of drug-likeness (QED) is 0.399. The summed E-state index contributed by atoms with van der Waals surface area (Å²) in [6.07, 6.45) is 11.0. The molecule has 0 radical (unpaired) electrons. The normalized spacial score (nSPS) is 20.2. The molecule has 1 saturated carbocycles. The Labute approximate surface area is 216 Å². The van der Waals surface area contributed by atoms with Gasteiger partial charge in [0.25, 0.3) is 5.91 Å². The van der Waals surface area contributed by atoms with Crippen LogP contribution in [0.3, 0.4) is 0 Å². The number of nitrogens with one attached hydrogen (secondary N) is 1. The summed E-state index contributed by atoms with van der Waals surface area (Å²) in [6, 6.07) is 17.1. The van der Waals surface area contributed by atoms with Crippen LogP contribution in [0.5, 0.6) is 0 Å². The van der Waals surface area contributed by atoms with Gasteiger partial charge < -0.3 is 5.32 Å². The minimum atomic E-state index is -0.0226. The molecule has 1 aliphatic carbocycles. The van der Waals surface area contributed by atoms with E-state index in [-0.39, 0.29) is 11.3 Å². The van der Waals surface area contributed by atoms with Crippen molar-refractivity contribution in [2.75, 3.05) is 13.1 Å². The third-order valence-corrected chi connectivity index (χ3v) is 8.38. The zero-order valence-electron chi connectivity index (χ0n) is 22.2. The van der Waals surface area contributed by atoms with Gasteiger partial charge in [-0.1, -0.05) is 82.9 Å². The summed E-state index contributed by atoms with van der Waals surface area (Å²) >= 11 is 0. The lowest BCUT2D eigenvalue weighted by molar-refractivity contribution is 0.0943. The number of carbonyl (C=O) groups excluding carboxylic acids is 1. The summed E-state index contributed by atoms with van der Waals surface area (Å²) in [7, 11) is 0. The highest BCUT2D eigenvalue weighted by molar-refractivity contribution is 5.93. The Bertz CT molecular complexity index is 1160. The number of carbonyl (C=O) groups is 1. The number of nitrogens with zero attached hydrogens (tertiary/aromatic N) is 3. The molecule has 36 heavy (non-hydrogen) atoms. The van der Waals surface area contributed by atoms with E-state index in [2.05, 4.69) is 67.5 Å². The molecular weight excluding hydrogens is 444 g/mol. The number of imidazole rings is 1. The number of fused-ring (bicyclic) bond motifs is 1. The second kappa shape index (κ2) is 10.8. The first-order valence-corrected chi connectivity index (χ1v) is 13.9. The van der Waals surface area contributed by atoms with Gasteiger partial charge in [0.1, 0.15) is 11.3 Å². The molecule has 192 valence electrons. The Morgan fingerprint density at radius 3 is 2.56 bits per heavy atom. The Balaban J connectivity index is 1.30. The largest absolute Gasteiger partial charge is 0.350 e. The van der Waals surface area contributed by atoms with E-state index < -0.39 is 0 Å². The lowest BCUT2D eigenvalue weighted by Crippen LogP contribution is -2.38. The highest BCUT2D eigenvalue weighted by Crippen LogP contribution is 2.35. The van der Waals surface area contributed by atoms with Crippen LogP contribution in [0.15, 0.2) is 54.7 Å². The van der Waals surface area contributed by atoms with E-state index in [1.807, 2.05) is 22.6 Å². The first-order chi connectivity index (χ1) is 17.4. The van der Waals surface area contributed by atoms with Gasteiger partial charge in [0.2, 0.25) is 0 Å². The van der Waals surface area contributed by atoms with Crippen LogP contribution in [0.4, 0.5) is 0 Å². The molecule has 1 aromatic carbocycles. The zero-order chi connectivity index (χ0) is 25.1. The van der Waals surface area contributed by atoms with Crippen LogP contribution in [-0.2, 0) is 6.54 Å². The van der Waals surface area contributed by atoms with Crippen molar-refractivity contribution in [1.82, 2.24) is 19.6 Å². The van der Waals surface area contributed by atoms with E-state index >= 15 is 0 Å². The minimum Gasteiger partial charge on any atom is -0.350 e. The number of pyridine rings is 1. The van der Waals surface area contributed by atoms with Gasteiger partial charge in [-0.15, -0.1) is 0 Å². The molecule has 1 aliphatic heterocycles. The predicted octanol–water partition coefficient (Wildman–Crippen LogP) is 6.44. The third kappa shape index (κ3) is 5.67. The number of rotatable bonds is 8. The molecule has 0 bridgehead atoms. The number of amides is 1. The molecule has 2 atom stereocenters. The van der Waals surface area contributed by atoms with E-state index in [1.165, 1.54) is 44.1 Å². The van der Waals surface area contributed by atoms with Crippen molar-refractivity contribution >= 4 is 11.6 Å². The molecule has 5 nitrogen and oxygen atoms in total. The van der Waals surface area contributed by atoms with E-state index in [1.54, 1.807) is 0 Å². The third-order valence-electron chi connectivity index (χ3n) is 8.38. The van der Waals surface area contributed by atoms with Gasteiger partial charge in [0.05, 0.1) is 5.69 Å². The number of hydrogen-bond donors (Lipinski definition) is 1. The van der Waals surface area contributed by atoms with Gasteiger partial charge in [-0.2, -0.15) is 0 Å². The van der Waals surface area contributed by atoms with E-state index in [0.29, 0.717) is 24.2 Å².